The van der Waals surface area contributed by atoms with E-state index in [0.29, 0.717) is 0 Å². The first-order valence-electron chi connectivity index (χ1n) is 17.4. The van der Waals surface area contributed by atoms with Crippen molar-refractivity contribution in [2.75, 3.05) is 0 Å². The Morgan fingerprint density at radius 1 is 0.412 bits per heavy atom. The van der Waals surface area contributed by atoms with Crippen LogP contribution in [0.25, 0.3) is 76.3 Å². The molecule has 0 radical (unpaired) electrons. The minimum Gasteiger partial charge on any atom is -0.228 e. The van der Waals surface area contributed by atoms with E-state index in [1.165, 1.54) is 53.6 Å². The molecule has 0 spiro atoms. The lowest BCUT2D eigenvalue weighted by molar-refractivity contribution is 0.714. The van der Waals surface area contributed by atoms with E-state index in [0.717, 1.165) is 39.5 Å². The van der Waals surface area contributed by atoms with Crippen LogP contribution in [0.5, 0.6) is 0 Å². The summed E-state index contributed by atoms with van der Waals surface area (Å²) in [4.78, 5) is 10.3. The van der Waals surface area contributed by atoms with Gasteiger partial charge in [-0.1, -0.05) is 140 Å². The van der Waals surface area contributed by atoms with Crippen LogP contribution in [0.1, 0.15) is 23.6 Å². The van der Waals surface area contributed by atoms with Crippen molar-refractivity contribution in [2.45, 2.75) is 12.3 Å². The highest BCUT2D eigenvalue weighted by Crippen LogP contribution is 2.53. The van der Waals surface area contributed by atoms with Gasteiger partial charge in [-0.05, 0) is 82.3 Å². The van der Waals surface area contributed by atoms with E-state index in [4.69, 9.17) is 9.97 Å². The van der Waals surface area contributed by atoms with Crippen molar-refractivity contribution in [2.24, 2.45) is 0 Å². The van der Waals surface area contributed by atoms with E-state index in [-0.39, 0.29) is 5.41 Å². The van der Waals surface area contributed by atoms with Gasteiger partial charge in [-0.3, -0.25) is 0 Å². The van der Waals surface area contributed by atoms with Crippen LogP contribution >= 0.6 is 11.3 Å². The molecular weight excluding hydrogens is 637 g/mol. The van der Waals surface area contributed by atoms with Crippen LogP contribution < -0.4 is 0 Å². The van der Waals surface area contributed by atoms with E-state index >= 15 is 0 Å². The summed E-state index contributed by atoms with van der Waals surface area (Å²) in [6.07, 6.45) is 0. The SMILES string of the molecule is CC1(c2ccccc2)c2ccccc2-c2cc(-c3cccc(-c4cc(-c5ccc6sc7ccccc7c6c5)nc(-c5ccccc5)n4)c3)ccc21. The average Bonchev–Trinajstić information content (AvgIpc) is 3.71. The van der Waals surface area contributed by atoms with E-state index in [1.54, 1.807) is 0 Å². The van der Waals surface area contributed by atoms with Crippen LogP contribution in [0, 0.1) is 0 Å². The highest BCUT2D eigenvalue weighted by atomic mass is 32.1. The standard InChI is InChI=1S/C48H32N2S/c1-48(36-17-6-3-7-18-36)41-21-10-8-19-37(41)39-28-33(23-25-42(39)48)32-15-12-16-34(27-32)43-30-44(50-47(49-43)31-13-4-2-5-14-31)35-24-26-46-40(29-35)38-20-9-11-22-45(38)51-46/h2-30H,1H3. The fraction of sp³-hybridized carbons (Fsp3) is 0.0417. The van der Waals surface area contributed by atoms with Crippen LogP contribution in [-0.4, -0.2) is 9.97 Å². The van der Waals surface area contributed by atoms with Gasteiger partial charge < -0.3 is 0 Å². The monoisotopic (exact) mass is 668 g/mol. The normalized spacial score (nSPS) is 14.8. The quantitative estimate of drug-likeness (QED) is 0.182. The summed E-state index contributed by atoms with van der Waals surface area (Å²) in [5, 5.41) is 2.55. The largest absolute Gasteiger partial charge is 0.228 e. The van der Waals surface area contributed by atoms with Crippen molar-refractivity contribution in [3.63, 3.8) is 0 Å². The summed E-state index contributed by atoms with van der Waals surface area (Å²) in [6, 6.07) is 63.3. The number of aromatic nitrogens is 2. The Balaban J connectivity index is 1.10. The van der Waals surface area contributed by atoms with Gasteiger partial charge in [0.25, 0.3) is 0 Å². The van der Waals surface area contributed by atoms with E-state index < -0.39 is 0 Å². The molecule has 1 atom stereocenters. The zero-order valence-corrected chi connectivity index (χ0v) is 28.9. The molecule has 2 heterocycles. The molecule has 10 rings (SSSR count). The Bertz CT molecular complexity index is 2760. The minimum absolute atomic E-state index is 0.211. The number of hydrogen-bond acceptors (Lipinski definition) is 3. The van der Waals surface area contributed by atoms with E-state index in [9.17, 15) is 0 Å². The van der Waals surface area contributed by atoms with Gasteiger partial charge in [0.15, 0.2) is 5.82 Å². The molecule has 51 heavy (non-hydrogen) atoms. The second-order valence-electron chi connectivity index (χ2n) is 13.5. The van der Waals surface area contributed by atoms with Gasteiger partial charge in [-0.25, -0.2) is 9.97 Å². The molecule has 1 aliphatic rings. The van der Waals surface area contributed by atoms with Crippen molar-refractivity contribution in [3.8, 4) is 56.2 Å². The van der Waals surface area contributed by atoms with Gasteiger partial charge in [0, 0.05) is 42.3 Å². The third-order valence-electron chi connectivity index (χ3n) is 10.6. The first kappa shape index (κ1) is 29.7. The van der Waals surface area contributed by atoms with Gasteiger partial charge in [-0.15, -0.1) is 11.3 Å². The number of hydrogen-bond donors (Lipinski definition) is 0. The molecule has 0 amide bonds. The van der Waals surface area contributed by atoms with Crippen LogP contribution in [-0.2, 0) is 5.41 Å². The summed E-state index contributed by atoms with van der Waals surface area (Å²) in [7, 11) is 0. The molecule has 0 N–H and O–H groups in total. The van der Waals surface area contributed by atoms with Crippen molar-refractivity contribution >= 4 is 31.5 Å². The third kappa shape index (κ3) is 4.85. The van der Waals surface area contributed by atoms with Gasteiger partial charge in [0.1, 0.15) is 0 Å². The molecule has 7 aromatic carbocycles. The summed E-state index contributed by atoms with van der Waals surface area (Å²) in [5.41, 5.74) is 13.7. The van der Waals surface area contributed by atoms with Gasteiger partial charge >= 0.3 is 0 Å². The number of rotatable bonds is 5. The lowest BCUT2D eigenvalue weighted by Crippen LogP contribution is -2.22. The lowest BCUT2D eigenvalue weighted by Gasteiger charge is -2.28. The Hall–Kier alpha value is -6.16. The molecule has 0 fully saturated rings. The zero-order valence-electron chi connectivity index (χ0n) is 28.0. The Morgan fingerprint density at radius 3 is 1.86 bits per heavy atom. The van der Waals surface area contributed by atoms with Crippen molar-refractivity contribution in [1.29, 1.82) is 0 Å². The maximum Gasteiger partial charge on any atom is 0.160 e. The fourth-order valence-electron chi connectivity index (χ4n) is 7.97. The molecule has 9 aromatic rings. The van der Waals surface area contributed by atoms with Gasteiger partial charge in [-0.2, -0.15) is 0 Å². The lowest BCUT2D eigenvalue weighted by atomic mass is 9.74. The predicted octanol–water partition coefficient (Wildman–Crippen LogP) is 12.8. The summed E-state index contributed by atoms with van der Waals surface area (Å²) < 4.78 is 2.58. The Morgan fingerprint density at radius 2 is 1.02 bits per heavy atom. The van der Waals surface area contributed by atoms with Crippen LogP contribution in [0.15, 0.2) is 176 Å². The molecular formula is C48H32N2S. The first-order chi connectivity index (χ1) is 25.1. The molecule has 240 valence electrons. The number of fused-ring (bicyclic) bond motifs is 6. The topological polar surface area (TPSA) is 25.8 Å². The van der Waals surface area contributed by atoms with Crippen molar-refractivity contribution in [1.82, 2.24) is 9.97 Å². The summed E-state index contributed by atoms with van der Waals surface area (Å²) in [5.74, 6) is 0.720. The molecule has 2 aromatic heterocycles. The molecule has 0 bridgehead atoms. The number of nitrogens with zero attached hydrogens (tertiary/aromatic N) is 2. The molecule has 1 aliphatic carbocycles. The molecule has 0 aliphatic heterocycles. The number of benzene rings is 7. The highest BCUT2D eigenvalue weighted by molar-refractivity contribution is 7.25. The van der Waals surface area contributed by atoms with Crippen LogP contribution in [0.2, 0.25) is 0 Å². The average molecular weight is 669 g/mol. The Kier molecular flexibility index (Phi) is 6.83. The maximum absolute atomic E-state index is 5.17. The summed E-state index contributed by atoms with van der Waals surface area (Å²) >= 11 is 1.83. The van der Waals surface area contributed by atoms with Crippen LogP contribution in [0.3, 0.4) is 0 Å². The third-order valence-corrected chi connectivity index (χ3v) is 11.7. The van der Waals surface area contributed by atoms with Gasteiger partial charge in [0.2, 0.25) is 0 Å². The first-order valence-corrected chi connectivity index (χ1v) is 18.2. The highest BCUT2D eigenvalue weighted by Gasteiger charge is 2.40. The second-order valence-corrected chi connectivity index (χ2v) is 14.6. The van der Waals surface area contributed by atoms with Gasteiger partial charge in [0.05, 0.1) is 11.4 Å². The smallest absolute Gasteiger partial charge is 0.160 e. The minimum atomic E-state index is -0.211. The van der Waals surface area contributed by atoms with E-state index in [1.807, 2.05) is 29.5 Å². The molecule has 0 saturated heterocycles. The van der Waals surface area contributed by atoms with Crippen LogP contribution in [0.4, 0.5) is 0 Å². The number of thiophene rings is 1. The van der Waals surface area contributed by atoms with Crippen molar-refractivity contribution < 1.29 is 0 Å². The fourth-order valence-corrected chi connectivity index (χ4v) is 9.05. The second kappa shape index (κ2) is 11.7. The Labute approximate surface area is 301 Å². The predicted molar refractivity (Wildman–Crippen MR) is 214 cm³/mol. The zero-order chi connectivity index (χ0) is 33.9. The maximum atomic E-state index is 5.17. The molecule has 3 heteroatoms. The van der Waals surface area contributed by atoms with Crippen molar-refractivity contribution in [3.05, 3.63) is 193 Å². The summed E-state index contributed by atoms with van der Waals surface area (Å²) in [6.45, 7) is 2.36. The van der Waals surface area contributed by atoms with E-state index in [2.05, 4.69) is 165 Å². The molecule has 2 nitrogen and oxygen atoms in total. The molecule has 1 unspecified atom stereocenters. The molecule has 0 saturated carbocycles.